The lowest BCUT2D eigenvalue weighted by Gasteiger charge is -2.17. The van der Waals surface area contributed by atoms with Crippen molar-refractivity contribution in [1.29, 1.82) is 0 Å². The Morgan fingerprint density at radius 2 is 1.70 bits per heavy atom. The van der Waals surface area contributed by atoms with Gasteiger partial charge in [-0.3, -0.25) is 4.79 Å². The van der Waals surface area contributed by atoms with Gasteiger partial charge in [-0.1, -0.05) is 48.2 Å². The Kier molecular flexibility index (Phi) is 7.47. The standard InChI is InChI=1S/C24H24O6/c25-22-14-12-17(21(22)15-23(26)27)11-13-20(16-29-19-9-5-2-6-10-19)30-24(28)18-7-3-1-4-8-18/h1-10,17,20-22,25H,12,14-16H2,(H,26,27)/t17-,20?,21+,22-/m0/s1. The summed E-state index contributed by atoms with van der Waals surface area (Å²) in [6.07, 6.45) is -0.556. The minimum absolute atomic E-state index is 0.0362. The third kappa shape index (κ3) is 6.10. The second-order valence-corrected chi connectivity index (χ2v) is 7.19. The molecule has 1 saturated carbocycles. The van der Waals surface area contributed by atoms with Crippen LogP contribution in [-0.4, -0.2) is 41.0 Å². The van der Waals surface area contributed by atoms with Gasteiger partial charge in [-0.25, -0.2) is 4.79 Å². The Balaban J connectivity index is 1.72. The van der Waals surface area contributed by atoms with Crippen molar-refractivity contribution < 1.29 is 29.3 Å². The number of aliphatic carboxylic acids is 1. The number of para-hydroxylation sites is 1. The molecule has 0 amide bonds. The maximum atomic E-state index is 12.5. The molecular formula is C24H24O6. The summed E-state index contributed by atoms with van der Waals surface area (Å²) in [6, 6.07) is 17.7. The zero-order valence-corrected chi connectivity index (χ0v) is 16.4. The van der Waals surface area contributed by atoms with E-state index in [1.165, 1.54) is 0 Å². The number of carbonyl (C=O) groups excluding carboxylic acids is 1. The van der Waals surface area contributed by atoms with Crippen LogP contribution in [0.4, 0.5) is 0 Å². The van der Waals surface area contributed by atoms with E-state index in [-0.39, 0.29) is 18.9 Å². The van der Waals surface area contributed by atoms with Crippen LogP contribution in [0.2, 0.25) is 0 Å². The SMILES string of the molecule is O=C(O)C[C@H]1[C@@H](O)CC[C@@H]1C#CC(COc1ccccc1)OC(=O)c1ccccc1. The lowest BCUT2D eigenvalue weighted by Crippen LogP contribution is -2.25. The normalized spacial score (nSPS) is 21.2. The Labute approximate surface area is 175 Å². The summed E-state index contributed by atoms with van der Waals surface area (Å²) >= 11 is 0. The molecule has 1 aliphatic rings. The summed E-state index contributed by atoms with van der Waals surface area (Å²) in [4.78, 5) is 23.6. The van der Waals surface area contributed by atoms with Crippen LogP contribution < -0.4 is 4.74 Å². The highest BCUT2D eigenvalue weighted by Crippen LogP contribution is 2.34. The van der Waals surface area contributed by atoms with Gasteiger partial charge in [0.1, 0.15) is 12.4 Å². The Morgan fingerprint density at radius 1 is 1.03 bits per heavy atom. The summed E-state index contributed by atoms with van der Waals surface area (Å²) in [6.45, 7) is 0.0362. The number of ether oxygens (including phenoxy) is 2. The van der Waals surface area contributed by atoms with Crippen LogP contribution in [-0.2, 0) is 9.53 Å². The molecule has 0 heterocycles. The number of aliphatic hydroxyl groups excluding tert-OH is 1. The van der Waals surface area contributed by atoms with E-state index in [0.717, 1.165) is 0 Å². The second-order valence-electron chi connectivity index (χ2n) is 7.19. The van der Waals surface area contributed by atoms with Gasteiger partial charge in [0, 0.05) is 11.8 Å². The van der Waals surface area contributed by atoms with Gasteiger partial charge >= 0.3 is 11.9 Å². The molecule has 30 heavy (non-hydrogen) atoms. The summed E-state index contributed by atoms with van der Waals surface area (Å²) in [7, 11) is 0. The quantitative estimate of drug-likeness (QED) is 0.540. The van der Waals surface area contributed by atoms with Crippen LogP contribution in [0.3, 0.4) is 0 Å². The van der Waals surface area contributed by atoms with Crippen LogP contribution in [0.25, 0.3) is 0 Å². The van der Waals surface area contributed by atoms with Crippen molar-refractivity contribution in [2.45, 2.75) is 31.5 Å². The van der Waals surface area contributed by atoms with Crippen LogP contribution in [0.5, 0.6) is 5.75 Å². The number of esters is 1. The lowest BCUT2D eigenvalue weighted by atomic mass is 9.92. The van der Waals surface area contributed by atoms with Crippen LogP contribution >= 0.6 is 0 Å². The topological polar surface area (TPSA) is 93.1 Å². The molecule has 156 valence electrons. The van der Waals surface area contributed by atoms with E-state index < -0.39 is 30.1 Å². The summed E-state index contributed by atoms with van der Waals surface area (Å²) in [5, 5.41) is 19.2. The van der Waals surface area contributed by atoms with E-state index in [0.29, 0.717) is 24.2 Å². The zero-order valence-electron chi connectivity index (χ0n) is 16.4. The van der Waals surface area contributed by atoms with Gasteiger partial charge in [0.2, 0.25) is 0 Å². The number of carboxylic acid groups (broad SMARTS) is 1. The van der Waals surface area contributed by atoms with Gasteiger partial charge < -0.3 is 19.7 Å². The number of hydrogen-bond donors (Lipinski definition) is 2. The Bertz CT molecular complexity index is 900. The number of benzene rings is 2. The van der Waals surface area contributed by atoms with E-state index in [4.69, 9.17) is 14.6 Å². The molecule has 0 bridgehead atoms. The highest BCUT2D eigenvalue weighted by Gasteiger charge is 2.35. The van der Waals surface area contributed by atoms with Gasteiger partial charge in [0.25, 0.3) is 0 Å². The van der Waals surface area contributed by atoms with Crippen LogP contribution in [0, 0.1) is 23.7 Å². The first-order chi connectivity index (χ1) is 14.5. The average molecular weight is 408 g/mol. The third-order valence-electron chi connectivity index (χ3n) is 5.03. The predicted molar refractivity (Wildman–Crippen MR) is 110 cm³/mol. The lowest BCUT2D eigenvalue weighted by molar-refractivity contribution is -0.139. The maximum absolute atomic E-state index is 12.5. The van der Waals surface area contributed by atoms with Crippen molar-refractivity contribution in [1.82, 2.24) is 0 Å². The van der Waals surface area contributed by atoms with Crippen molar-refractivity contribution in [3.8, 4) is 17.6 Å². The molecule has 1 aliphatic carbocycles. The third-order valence-corrected chi connectivity index (χ3v) is 5.03. The van der Waals surface area contributed by atoms with Crippen LogP contribution in [0.15, 0.2) is 60.7 Å². The molecular weight excluding hydrogens is 384 g/mol. The van der Waals surface area contributed by atoms with Gasteiger partial charge in [0.05, 0.1) is 18.1 Å². The Hall–Kier alpha value is -3.30. The summed E-state index contributed by atoms with van der Waals surface area (Å²) < 4.78 is 11.3. The molecule has 6 nitrogen and oxygen atoms in total. The molecule has 1 fully saturated rings. The van der Waals surface area contributed by atoms with Gasteiger partial charge in [-0.05, 0) is 37.1 Å². The molecule has 1 unspecified atom stereocenters. The molecule has 3 rings (SSSR count). The van der Waals surface area contributed by atoms with Gasteiger partial charge in [-0.15, -0.1) is 0 Å². The highest BCUT2D eigenvalue weighted by atomic mass is 16.6. The smallest absolute Gasteiger partial charge is 0.339 e. The predicted octanol–water partition coefficient (Wildman–Crippen LogP) is 3.16. The molecule has 0 radical (unpaired) electrons. The van der Waals surface area contributed by atoms with E-state index >= 15 is 0 Å². The van der Waals surface area contributed by atoms with Crippen molar-refractivity contribution in [2.24, 2.45) is 11.8 Å². The highest BCUT2D eigenvalue weighted by molar-refractivity contribution is 5.89. The second kappa shape index (κ2) is 10.5. The molecule has 2 N–H and O–H groups in total. The maximum Gasteiger partial charge on any atom is 0.339 e. The fourth-order valence-electron chi connectivity index (χ4n) is 3.47. The van der Waals surface area contributed by atoms with E-state index in [9.17, 15) is 14.7 Å². The molecule has 0 aromatic heterocycles. The first kappa shape index (κ1) is 21.4. The van der Waals surface area contributed by atoms with E-state index in [1.807, 2.05) is 18.2 Å². The minimum atomic E-state index is -0.966. The fourth-order valence-corrected chi connectivity index (χ4v) is 3.47. The van der Waals surface area contributed by atoms with Crippen molar-refractivity contribution in [3.63, 3.8) is 0 Å². The minimum Gasteiger partial charge on any atom is -0.489 e. The number of rotatable bonds is 7. The van der Waals surface area contributed by atoms with E-state index in [2.05, 4.69) is 11.8 Å². The molecule has 6 heteroatoms. The number of aliphatic hydroxyl groups is 1. The van der Waals surface area contributed by atoms with Crippen LogP contribution in [0.1, 0.15) is 29.6 Å². The van der Waals surface area contributed by atoms with Crippen molar-refractivity contribution >= 4 is 11.9 Å². The molecule has 0 saturated heterocycles. The van der Waals surface area contributed by atoms with Crippen molar-refractivity contribution in [2.75, 3.05) is 6.61 Å². The van der Waals surface area contributed by atoms with E-state index in [1.54, 1.807) is 42.5 Å². The molecule has 2 aromatic carbocycles. The number of carboxylic acids is 1. The number of carbonyl (C=O) groups is 2. The zero-order chi connectivity index (χ0) is 21.3. The first-order valence-electron chi connectivity index (χ1n) is 9.87. The molecule has 0 spiro atoms. The molecule has 0 aliphatic heterocycles. The largest absolute Gasteiger partial charge is 0.489 e. The monoisotopic (exact) mass is 408 g/mol. The summed E-state index contributed by atoms with van der Waals surface area (Å²) in [5.74, 6) is 4.40. The Morgan fingerprint density at radius 3 is 2.37 bits per heavy atom. The molecule has 4 atom stereocenters. The van der Waals surface area contributed by atoms with Gasteiger partial charge in [0.15, 0.2) is 6.10 Å². The average Bonchev–Trinajstić information content (AvgIpc) is 3.10. The summed E-state index contributed by atoms with van der Waals surface area (Å²) in [5.41, 5.74) is 0.407. The van der Waals surface area contributed by atoms with Gasteiger partial charge in [-0.2, -0.15) is 0 Å². The van der Waals surface area contributed by atoms with Crippen molar-refractivity contribution in [3.05, 3.63) is 66.2 Å². The number of hydrogen-bond acceptors (Lipinski definition) is 5. The fraction of sp³-hybridized carbons (Fsp3) is 0.333. The molecule has 2 aromatic rings. The first-order valence-corrected chi connectivity index (χ1v) is 9.87.